The molecule has 0 aromatic heterocycles. The van der Waals surface area contributed by atoms with Crippen molar-refractivity contribution in [3.8, 4) is 0 Å². The number of aliphatic hydroxyl groups is 3. The van der Waals surface area contributed by atoms with Gasteiger partial charge in [0.1, 0.15) is 35.9 Å². The second-order valence-corrected chi connectivity index (χ2v) is 10.9. The molecule has 0 aliphatic carbocycles. The number of rotatable bonds is 8. The quantitative estimate of drug-likeness (QED) is 0.299. The number of fused-ring (bicyclic) bond motifs is 1. The number of ether oxygens (including phenoxy) is 2. The Kier molecular flexibility index (Phi) is 10.0. The number of nitrogens with one attached hydrogen (secondary N) is 2. The maximum atomic E-state index is 13.2. The molecule has 1 amide bonds. The van der Waals surface area contributed by atoms with E-state index in [-0.39, 0.29) is 24.2 Å². The summed E-state index contributed by atoms with van der Waals surface area (Å²) in [6.45, 7) is 2.59. The van der Waals surface area contributed by atoms with E-state index in [0.717, 1.165) is 0 Å². The first-order valence-corrected chi connectivity index (χ1v) is 13.2. The first kappa shape index (κ1) is 27.3. The van der Waals surface area contributed by atoms with Gasteiger partial charge in [-0.2, -0.15) is 0 Å². The van der Waals surface area contributed by atoms with Crippen molar-refractivity contribution in [2.75, 3.05) is 19.4 Å². The van der Waals surface area contributed by atoms with Gasteiger partial charge in [-0.15, -0.1) is 23.4 Å². The van der Waals surface area contributed by atoms with Gasteiger partial charge in [-0.25, -0.2) is 8.78 Å². The van der Waals surface area contributed by atoms with Crippen molar-refractivity contribution in [2.24, 2.45) is 11.8 Å². The van der Waals surface area contributed by atoms with Crippen LogP contribution in [0.3, 0.4) is 0 Å². The van der Waals surface area contributed by atoms with E-state index >= 15 is 0 Å². The van der Waals surface area contributed by atoms with E-state index in [1.54, 1.807) is 13.2 Å². The first-order chi connectivity index (χ1) is 15.6. The average molecular weight is 517 g/mol. The largest absolute Gasteiger partial charge is 0.388 e. The maximum Gasteiger partial charge on any atom is 0.240 e. The molecule has 3 heterocycles. The van der Waals surface area contributed by atoms with Crippen LogP contribution in [0.2, 0.25) is 0 Å². The van der Waals surface area contributed by atoms with E-state index in [0.29, 0.717) is 32.4 Å². The maximum absolute atomic E-state index is 13.2. The Hall–Kier alpha value is -0.270. The number of hydrogen-bond donors (Lipinski definition) is 5. The lowest BCUT2D eigenvalue weighted by atomic mass is 9.87. The summed E-state index contributed by atoms with van der Waals surface area (Å²) in [5, 5.41) is 36.2. The second-order valence-electron chi connectivity index (χ2n) is 9.23. The van der Waals surface area contributed by atoms with Crippen LogP contribution in [0.15, 0.2) is 0 Å². The van der Waals surface area contributed by atoms with Gasteiger partial charge in [0.05, 0.1) is 17.5 Å². The summed E-state index contributed by atoms with van der Waals surface area (Å²) in [5.41, 5.74) is -0.785. The van der Waals surface area contributed by atoms with Gasteiger partial charge >= 0.3 is 0 Å². The third kappa shape index (κ3) is 6.49. The van der Waals surface area contributed by atoms with Crippen molar-refractivity contribution in [2.45, 2.75) is 92.4 Å². The third-order valence-corrected chi connectivity index (χ3v) is 8.06. The minimum atomic E-state index is -2.32. The molecule has 3 aliphatic heterocycles. The molecule has 3 aliphatic rings. The molecule has 11 atom stereocenters. The van der Waals surface area contributed by atoms with Gasteiger partial charge in [-0.1, -0.05) is 0 Å². The zero-order valence-corrected chi connectivity index (χ0v) is 20.4. The smallest absolute Gasteiger partial charge is 0.240 e. The molecule has 2 unspecified atom stereocenters. The molecular weight excluding hydrogens is 482 g/mol. The van der Waals surface area contributed by atoms with Crippen LogP contribution in [0.5, 0.6) is 0 Å². The van der Waals surface area contributed by atoms with Crippen molar-refractivity contribution in [3.05, 3.63) is 0 Å². The van der Waals surface area contributed by atoms with E-state index in [4.69, 9.17) is 21.1 Å². The average Bonchev–Trinajstić information content (AvgIpc) is 3.05. The summed E-state index contributed by atoms with van der Waals surface area (Å²) in [7, 11) is 0. The topological polar surface area (TPSA) is 120 Å². The van der Waals surface area contributed by atoms with Gasteiger partial charge < -0.3 is 35.4 Å². The Morgan fingerprint density at radius 2 is 2.00 bits per heavy atom. The second kappa shape index (κ2) is 12.1. The number of carbonyl (C=O) groups excluding carboxylic acids is 1. The fraction of sp³-hybridized carbons (Fsp3) is 0.952. The van der Waals surface area contributed by atoms with E-state index < -0.39 is 59.8 Å². The molecule has 12 heteroatoms. The van der Waals surface area contributed by atoms with Gasteiger partial charge in [-0.3, -0.25) is 4.79 Å². The van der Waals surface area contributed by atoms with Crippen LogP contribution in [0.25, 0.3) is 0 Å². The SMILES string of the molecule is CSC1O[C@H]([C@H](NC(=O)[C@H]2NC[C@@H]3C[C@H](CCC(F)F)CCO[C@H]32)[C@H](C)Cl)C(O)[C@@H](O)[C@H]1O. The van der Waals surface area contributed by atoms with Crippen LogP contribution >= 0.6 is 23.4 Å². The Morgan fingerprint density at radius 1 is 1.27 bits per heavy atom. The van der Waals surface area contributed by atoms with Gasteiger partial charge in [0.2, 0.25) is 12.3 Å². The van der Waals surface area contributed by atoms with Crippen LogP contribution in [0.4, 0.5) is 8.78 Å². The van der Waals surface area contributed by atoms with E-state index in [2.05, 4.69) is 10.6 Å². The predicted molar refractivity (Wildman–Crippen MR) is 120 cm³/mol. The predicted octanol–water partition coefficient (Wildman–Crippen LogP) is 0.698. The fourth-order valence-corrected chi connectivity index (χ4v) is 5.98. The van der Waals surface area contributed by atoms with Gasteiger partial charge in [-0.05, 0) is 44.3 Å². The number of amides is 1. The molecule has 0 radical (unpaired) electrons. The fourth-order valence-electron chi connectivity index (χ4n) is 5.09. The molecule has 0 spiro atoms. The normalized spacial score (nSPS) is 41.3. The lowest BCUT2D eigenvalue weighted by molar-refractivity contribution is -0.205. The summed E-state index contributed by atoms with van der Waals surface area (Å²) in [4.78, 5) is 13.2. The van der Waals surface area contributed by atoms with Crippen molar-refractivity contribution < 1.29 is 38.4 Å². The number of hydrogen-bond acceptors (Lipinski definition) is 8. The summed E-state index contributed by atoms with van der Waals surface area (Å²) in [6, 6.07) is -1.49. The lowest BCUT2D eigenvalue weighted by Gasteiger charge is -2.44. The molecular formula is C21H35ClF2N2O6S. The highest BCUT2D eigenvalue weighted by Crippen LogP contribution is 2.34. The Morgan fingerprint density at radius 3 is 2.64 bits per heavy atom. The molecule has 0 aromatic carbocycles. The number of carbonyl (C=O) groups is 1. The van der Waals surface area contributed by atoms with Crippen LogP contribution in [-0.4, -0.2) is 100 Å². The standard InChI is InChI=1S/C21H35ClF2N2O6S/c1-9(22)13(19-16(28)15(27)17(29)21(32-19)33-2)26-20(30)14-18-11(8-25-14)7-10(5-6-31-18)3-4-12(23)24/h9-19,21,25,27-29H,3-8H2,1-2H3,(H,26,30)/t9-,10+,11-,13+,14-,15+,16?,17+,18+,19+,21?/m0/s1. The van der Waals surface area contributed by atoms with Crippen molar-refractivity contribution >= 4 is 29.3 Å². The molecule has 0 bridgehead atoms. The van der Waals surface area contributed by atoms with Crippen LogP contribution in [-0.2, 0) is 14.3 Å². The van der Waals surface area contributed by atoms with E-state index in [1.807, 2.05) is 0 Å². The minimum Gasteiger partial charge on any atom is -0.388 e. The highest BCUT2D eigenvalue weighted by Gasteiger charge is 2.49. The first-order valence-electron chi connectivity index (χ1n) is 11.4. The Balaban J connectivity index is 1.65. The number of halogens is 3. The van der Waals surface area contributed by atoms with Crippen LogP contribution in [0.1, 0.15) is 32.6 Å². The number of aliphatic hydroxyl groups excluding tert-OH is 3. The van der Waals surface area contributed by atoms with Crippen LogP contribution in [0, 0.1) is 11.8 Å². The lowest BCUT2D eigenvalue weighted by Crippen LogP contribution is -2.65. The summed E-state index contributed by atoms with van der Waals surface area (Å²) < 4.78 is 37.0. The highest BCUT2D eigenvalue weighted by atomic mass is 35.5. The van der Waals surface area contributed by atoms with E-state index in [9.17, 15) is 28.9 Å². The van der Waals surface area contributed by atoms with Crippen molar-refractivity contribution in [1.82, 2.24) is 10.6 Å². The highest BCUT2D eigenvalue weighted by molar-refractivity contribution is 7.99. The van der Waals surface area contributed by atoms with Gasteiger partial charge in [0.25, 0.3) is 0 Å². The molecule has 33 heavy (non-hydrogen) atoms. The zero-order chi connectivity index (χ0) is 24.3. The summed E-state index contributed by atoms with van der Waals surface area (Å²) in [5.74, 6) is -0.203. The minimum absolute atomic E-state index is 0.0344. The Labute approximate surface area is 202 Å². The van der Waals surface area contributed by atoms with Gasteiger partial charge in [0.15, 0.2) is 0 Å². The Bertz CT molecular complexity index is 652. The zero-order valence-electron chi connectivity index (χ0n) is 18.8. The van der Waals surface area contributed by atoms with Crippen LogP contribution < -0.4 is 10.6 Å². The molecule has 5 N–H and O–H groups in total. The summed E-state index contributed by atoms with van der Waals surface area (Å²) in [6.07, 6.45) is -4.48. The molecule has 3 fully saturated rings. The molecule has 3 rings (SSSR count). The van der Waals surface area contributed by atoms with Gasteiger partial charge in [0, 0.05) is 19.6 Å². The van der Waals surface area contributed by atoms with E-state index in [1.165, 1.54) is 11.8 Å². The molecule has 3 saturated heterocycles. The molecule has 192 valence electrons. The molecule has 0 aromatic rings. The number of thioether (sulfide) groups is 1. The monoisotopic (exact) mass is 516 g/mol. The molecule has 8 nitrogen and oxygen atoms in total. The van der Waals surface area contributed by atoms with Crippen molar-refractivity contribution in [3.63, 3.8) is 0 Å². The third-order valence-electron chi connectivity index (χ3n) is 6.94. The molecule has 0 saturated carbocycles. The number of alkyl halides is 3. The summed E-state index contributed by atoms with van der Waals surface area (Å²) >= 11 is 7.52. The van der Waals surface area contributed by atoms with Crippen molar-refractivity contribution in [1.29, 1.82) is 0 Å².